The minimum atomic E-state index is -0.510. The van der Waals surface area contributed by atoms with Gasteiger partial charge in [0.15, 0.2) is 5.82 Å². The molecule has 0 saturated heterocycles. The number of nitrogens with one attached hydrogen (secondary N) is 1. The van der Waals surface area contributed by atoms with Crippen molar-refractivity contribution < 1.29 is 14.3 Å². The van der Waals surface area contributed by atoms with Crippen LogP contribution >= 0.6 is 0 Å². The van der Waals surface area contributed by atoms with Crippen molar-refractivity contribution in [2.45, 2.75) is 46.0 Å². The zero-order chi connectivity index (χ0) is 14.5. The normalized spacial score (nSPS) is 17.6. The van der Waals surface area contributed by atoms with E-state index >= 15 is 0 Å². The van der Waals surface area contributed by atoms with Gasteiger partial charge >= 0.3 is 6.09 Å². The SMILES string of the molecule is CC(C)(C)OC(=O)N1Cc2nc3n(c2C1)CCNC3=O. The quantitative estimate of drug-likeness (QED) is 0.764. The van der Waals surface area contributed by atoms with Gasteiger partial charge in [-0.15, -0.1) is 0 Å². The van der Waals surface area contributed by atoms with E-state index in [2.05, 4.69) is 10.3 Å². The van der Waals surface area contributed by atoms with E-state index in [9.17, 15) is 9.59 Å². The molecule has 7 nitrogen and oxygen atoms in total. The Morgan fingerprint density at radius 1 is 1.35 bits per heavy atom. The number of amides is 2. The van der Waals surface area contributed by atoms with Gasteiger partial charge in [-0.2, -0.15) is 0 Å². The van der Waals surface area contributed by atoms with Crippen LogP contribution in [0.3, 0.4) is 0 Å². The third-order valence-corrected chi connectivity index (χ3v) is 3.31. The highest BCUT2D eigenvalue weighted by Crippen LogP contribution is 2.26. The fourth-order valence-electron chi connectivity index (χ4n) is 2.49. The number of hydrogen-bond donors (Lipinski definition) is 1. The number of rotatable bonds is 0. The number of nitrogens with zero attached hydrogens (tertiary/aromatic N) is 3. The lowest BCUT2D eigenvalue weighted by atomic mass is 10.2. The number of carbonyl (C=O) groups excluding carboxylic acids is 2. The average Bonchev–Trinajstić information content (AvgIpc) is 2.85. The molecule has 0 aliphatic carbocycles. The summed E-state index contributed by atoms with van der Waals surface area (Å²) in [6.45, 7) is 7.67. The van der Waals surface area contributed by atoms with Gasteiger partial charge in [0.1, 0.15) is 5.60 Å². The highest BCUT2D eigenvalue weighted by molar-refractivity contribution is 5.91. The van der Waals surface area contributed by atoms with Crippen LogP contribution in [0.25, 0.3) is 0 Å². The first-order valence-electron chi connectivity index (χ1n) is 6.69. The van der Waals surface area contributed by atoms with Crippen LogP contribution < -0.4 is 5.32 Å². The Hall–Kier alpha value is -2.05. The molecule has 0 spiro atoms. The van der Waals surface area contributed by atoms with Crippen molar-refractivity contribution in [2.75, 3.05) is 6.54 Å². The first-order valence-corrected chi connectivity index (χ1v) is 6.69. The van der Waals surface area contributed by atoms with Crippen molar-refractivity contribution in [1.29, 1.82) is 0 Å². The van der Waals surface area contributed by atoms with Gasteiger partial charge in [-0.25, -0.2) is 9.78 Å². The molecular formula is C13H18N4O3. The summed E-state index contributed by atoms with van der Waals surface area (Å²) in [7, 11) is 0. The monoisotopic (exact) mass is 278 g/mol. The van der Waals surface area contributed by atoms with Gasteiger partial charge in [0.25, 0.3) is 5.91 Å². The number of ether oxygens (including phenoxy) is 1. The van der Waals surface area contributed by atoms with Gasteiger partial charge < -0.3 is 14.6 Å². The summed E-state index contributed by atoms with van der Waals surface area (Å²) < 4.78 is 7.26. The van der Waals surface area contributed by atoms with Gasteiger partial charge in [0.2, 0.25) is 0 Å². The maximum atomic E-state index is 12.0. The second-order valence-electron chi connectivity index (χ2n) is 6.07. The fourth-order valence-corrected chi connectivity index (χ4v) is 2.49. The molecule has 3 rings (SSSR count). The highest BCUT2D eigenvalue weighted by atomic mass is 16.6. The maximum absolute atomic E-state index is 12.0. The summed E-state index contributed by atoms with van der Waals surface area (Å²) in [5.41, 5.74) is 1.23. The predicted molar refractivity (Wildman–Crippen MR) is 70.0 cm³/mol. The first kappa shape index (κ1) is 13.0. The van der Waals surface area contributed by atoms with Gasteiger partial charge in [0.05, 0.1) is 24.5 Å². The zero-order valence-corrected chi connectivity index (χ0v) is 11.9. The van der Waals surface area contributed by atoms with E-state index in [1.807, 2.05) is 25.3 Å². The highest BCUT2D eigenvalue weighted by Gasteiger charge is 2.34. The van der Waals surface area contributed by atoms with Crippen LogP contribution in [0.1, 0.15) is 42.8 Å². The van der Waals surface area contributed by atoms with Crippen LogP contribution in [0.5, 0.6) is 0 Å². The molecule has 2 aliphatic rings. The summed E-state index contributed by atoms with van der Waals surface area (Å²) >= 11 is 0. The average molecular weight is 278 g/mol. The summed E-state index contributed by atoms with van der Waals surface area (Å²) in [4.78, 5) is 29.7. The summed E-state index contributed by atoms with van der Waals surface area (Å²) in [5, 5.41) is 2.76. The van der Waals surface area contributed by atoms with Gasteiger partial charge in [-0.05, 0) is 20.8 Å². The molecule has 1 N–H and O–H groups in total. The molecular weight excluding hydrogens is 260 g/mol. The molecule has 7 heteroatoms. The van der Waals surface area contributed by atoms with Crippen molar-refractivity contribution in [1.82, 2.24) is 19.8 Å². The summed E-state index contributed by atoms with van der Waals surface area (Å²) in [6.07, 6.45) is -0.342. The lowest BCUT2D eigenvalue weighted by molar-refractivity contribution is 0.0237. The fraction of sp³-hybridized carbons (Fsp3) is 0.615. The number of aromatic nitrogens is 2. The van der Waals surface area contributed by atoms with E-state index in [1.165, 1.54) is 0 Å². The molecule has 108 valence electrons. The molecule has 0 bridgehead atoms. The lowest BCUT2D eigenvalue weighted by Gasteiger charge is -2.24. The molecule has 2 aliphatic heterocycles. The van der Waals surface area contributed by atoms with Crippen LogP contribution in [0, 0.1) is 0 Å². The van der Waals surface area contributed by atoms with Crippen LogP contribution in [-0.2, 0) is 24.4 Å². The Morgan fingerprint density at radius 2 is 2.10 bits per heavy atom. The van der Waals surface area contributed by atoms with E-state index < -0.39 is 5.60 Å². The van der Waals surface area contributed by atoms with E-state index in [0.717, 1.165) is 11.4 Å². The van der Waals surface area contributed by atoms with Gasteiger partial charge in [-0.3, -0.25) is 9.69 Å². The molecule has 3 heterocycles. The molecule has 0 aromatic carbocycles. The Balaban J connectivity index is 1.79. The van der Waals surface area contributed by atoms with E-state index in [1.54, 1.807) is 4.90 Å². The Morgan fingerprint density at radius 3 is 2.80 bits per heavy atom. The zero-order valence-electron chi connectivity index (χ0n) is 11.9. The Bertz CT molecular complexity index is 585. The summed E-state index contributed by atoms with van der Waals surface area (Å²) in [6, 6.07) is 0. The second-order valence-corrected chi connectivity index (χ2v) is 6.07. The minimum absolute atomic E-state index is 0.144. The van der Waals surface area contributed by atoms with Crippen molar-refractivity contribution in [2.24, 2.45) is 0 Å². The Labute approximate surface area is 116 Å². The molecule has 1 aromatic rings. The van der Waals surface area contributed by atoms with Crippen LogP contribution in [0.15, 0.2) is 0 Å². The third-order valence-electron chi connectivity index (χ3n) is 3.31. The third kappa shape index (κ3) is 2.13. The molecule has 0 radical (unpaired) electrons. The number of hydrogen-bond acceptors (Lipinski definition) is 4. The molecule has 0 unspecified atom stereocenters. The number of carbonyl (C=O) groups is 2. The van der Waals surface area contributed by atoms with Crippen LogP contribution in [-0.4, -0.2) is 38.6 Å². The summed E-state index contributed by atoms with van der Waals surface area (Å²) in [5.74, 6) is 0.305. The molecule has 20 heavy (non-hydrogen) atoms. The molecule has 1 aromatic heterocycles. The van der Waals surface area contributed by atoms with E-state index in [4.69, 9.17) is 4.74 Å². The molecule has 0 fully saturated rings. The smallest absolute Gasteiger partial charge is 0.410 e. The topological polar surface area (TPSA) is 76.5 Å². The molecule has 0 atom stereocenters. The standard InChI is InChI=1S/C13H18N4O3/c1-13(2,3)20-12(19)16-6-8-9(7-16)17-5-4-14-11(18)10(17)15-8/h4-7H2,1-3H3,(H,14,18). The van der Waals surface area contributed by atoms with Crippen molar-refractivity contribution in [3.05, 3.63) is 17.2 Å². The molecule has 2 amide bonds. The van der Waals surface area contributed by atoms with Crippen LogP contribution in [0.2, 0.25) is 0 Å². The van der Waals surface area contributed by atoms with Crippen LogP contribution in [0.4, 0.5) is 4.79 Å². The lowest BCUT2D eigenvalue weighted by Crippen LogP contribution is -2.37. The predicted octanol–water partition coefficient (Wildman–Crippen LogP) is 0.877. The van der Waals surface area contributed by atoms with E-state index in [-0.39, 0.29) is 12.0 Å². The number of fused-ring (bicyclic) bond motifs is 3. The van der Waals surface area contributed by atoms with Crippen molar-refractivity contribution in [3.63, 3.8) is 0 Å². The Kier molecular flexibility index (Phi) is 2.74. The number of imidazole rings is 1. The van der Waals surface area contributed by atoms with Gasteiger partial charge in [-0.1, -0.05) is 0 Å². The van der Waals surface area contributed by atoms with E-state index in [0.29, 0.717) is 32.0 Å². The van der Waals surface area contributed by atoms with Gasteiger partial charge in [0, 0.05) is 13.1 Å². The maximum Gasteiger partial charge on any atom is 0.410 e. The first-order chi connectivity index (χ1) is 9.35. The molecule has 0 saturated carbocycles. The van der Waals surface area contributed by atoms with Crippen molar-refractivity contribution >= 4 is 12.0 Å². The second kappa shape index (κ2) is 4.22. The van der Waals surface area contributed by atoms with Crippen molar-refractivity contribution in [3.8, 4) is 0 Å². The largest absolute Gasteiger partial charge is 0.444 e. The minimum Gasteiger partial charge on any atom is -0.444 e.